The van der Waals surface area contributed by atoms with E-state index in [9.17, 15) is 0 Å². The lowest BCUT2D eigenvalue weighted by Crippen LogP contribution is -2.55. The zero-order valence-electron chi connectivity index (χ0n) is 67.9. The molecule has 17 N–H and O–H groups in total. The summed E-state index contributed by atoms with van der Waals surface area (Å²) in [6, 6.07) is 47.0. The lowest BCUT2D eigenvalue weighted by Gasteiger charge is -2.26. The monoisotopic (exact) mass is 1690 g/mol. The third-order valence-electron chi connectivity index (χ3n) is 15.4. The number of nitrogens with one attached hydrogen (secondary N) is 15. The molecule has 0 amide bonds. The van der Waals surface area contributed by atoms with Crippen molar-refractivity contribution < 1.29 is 0 Å². The van der Waals surface area contributed by atoms with E-state index < -0.39 is 0 Å². The van der Waals surface area contributed by atoms with Gasteiger partial charge in [-0.15, -0.1) is 0 Å². The molecule has 36 heteroatoms. The number of rotatable bonds is 15. The largest absolute Gasteiger partial charge is 0.370 e. The summed E-state index contributed by atoms with van der Waals surface area (Å²) >= 11 is 35.5. The van der Waals surface area contributed by atoms with Crippen LogP contribution in [0, 0.1) is 0 Å². The van der Waals surface area contributed by atoms with Crippen molar-refractivity contribution in [1.29, 1.82) is 0 Å². The Hall–Kier alpha value is -10.5. The van der Waals surface area contributed by atoms with E-state index in [-0.39, 0.29) is 37.0 Å². The molecule has 6 aliphatic rings. The molecule has 6 atom stereocenters. The number of nitrogens with two attached hydrogens (primary N) is 1. The zero-order valence-corrected chi connectivity index (χ0v) is 72.4. The first-order valence-electron chi connectivity index (χ1n) is 37.7. The second-order valence-electron chi connectivity index (χ2n) is 27.9. The Kier molecular flexibility index (Phi) is 37.8. The topological polar surface area (TPSA) is 361 Å². The number of halogens is 6. The number of benzene rings is 6. The zero-order chi connectivity index (χ0) is 83.5. The molecule has 0 aliphatic carbocycles. The first-order chi connectivity index (χ1) is 54.8. The van der Waals surface area contributed by atoms with Crippen LogP contribution < -0.4 is 85.5 Å². The molecular formula is C79H110Cl6N30. The van der Waals surface area contributed by atoms with E-state index in [1.807, 2.05) is 219 Å². The van der Waals surface area contributed by atoms with Crippen molar-refractivity contribution in [3.8, 4) is 0 Å². The van der Waals surface area contributed by atoms with E-state index in [0.717, 1.165) is 109 Å². The van der Waals surface area contributed by atoms with Gasteiger partial charge in [-0.3, -0.25) is 41.9 Å². The maximum Gasteiger partial charge on any atom is 0.204 e. The van der Waals surface area contributed by atoms with Crippen molar-refractivity contribution in [2.45, 2.75) is 164 Å². The van der Waals surface area contributed by atoms with Gasteiger partial charge in [-0.2, -0.15) is 0 Å². The van der Waals surface area contributed by atoms with Gasteiger partial charge in [0.05, 0.1) is 13.1 Å². The smallest absolute Gasteiger partial charge is 0.204 e. The lowest BCUT2D eigenvalue weighted by atomic mass is 10.1. The van der Waals surface area contributed by atoms with Gasteiger partial charge < -0.3 is 63.4 Å². The maximum absolute atomic E-state index is 5.97. The fourth-order valence-electron chi connectivity index (χ4n) is 10.4. The third kappa shape index (κ3) is 36.3. The molecule has 6 heterocycles. The van der Waals surface area contributed by atoms with E-state index in [1.54, 1.807) is 0 Å². The quantitative estimate of drug-likeness (QED) is 0.0454. The van der Waals surface area contributed by atoms with Gasteiger partial charge in [0, 0.05) is 101 Å². The third-order valence-corrected chi connectivity index (χ3v) is 16.9. The van der Waals surface area contributed by atoms with Crippen molar-refractivity contribution in [3.63, 3.8) is 0 Å². The summed E-state index contributed by atoms with van der Waals surface area (Å²) in [7, 11) is 7.75. The van der Waals surface area contributed by atoms with Crippen LogP contribution in [0.4, 0.5) is 11.4 Å². The molecule has 6 unspecified atom stereocenters. The van der Waals surface area contributed by atoms with Crippen molar-refractivity contribution >= 4 is 152 Å². The van der Waals surface area contributed by atoms with Crippen molar-refractivity contribution in [2.75, 3.05) is 51.9 Å². The van der Waals surface area contributed by atoms with Crippen LogP contribution in [0.5, 0.6) is 0 Å². The average molecular weight is 1690 g/mol. The molecule has 6 aromatic rings. The molecule has 0 saturated heterocycles. The van der Waals surface area contributed by atoms with Crippen LogP contribution >= 0.6 is 69.6 Å². The second-order valence-corrected chi connectivity index (χ2v) is 30.5. The minimum Gasteiger partial charge on any atom is -0.370 e. The highest BCUT2D eigenvalue weighted by atomic mass is 35.5. The van der Waals surface area contributed by atoms with Gasteiger partial charge in [0.2, 0.25) is 23.8 Å². The summed E-state index contributed by atoms with van der Waals surface area (Å²) in [5, 5.41) is 51.7. The maximum atomic E-state index is 5.97. The first kappa shape index (κ1) is 91.7. The minimum atomic E-state index is -0.121. The molecule has 0 spiro atoms. The van der Waals surface area contributed by atoms with Crippen LogP contribution in [0.1, 0.15) is 105 Å². The van der Waals surface area contributed by atoms with Crippen molar-refractivity contribution in [2.24, 2.45) is 65.6 Å². The lowest BCUT2D eigenvalue weighted by molar-refractivity contribution is 0.559. The van der Waals surface area contributed by atoms with E-state index >= 15 is 0 Å². The highest BCUT2D eigenvalue weighted by Gasteiger charge is 2.21. The van der Waals surface area contributed by atoms with Gasteiger partial charge in [-0.25, -0.2) is 49.9 Å². The van der Waals surface area contributed by atoms with Crippen molar-refractivity contribution in [3.05, 3.63) is 198 Å². The normalized spacial score (nSPS) is 19.8. The molecule has 30 nitrogen and oxygen atoms in total. The van der Waals surface area contributed by atoms with Gasteiger partial charge in [0.1, 0.15) is 37.0 Å². The Balaban J connectivity index is 0.000000191. The van der Waals surface area contributed by atoms with Gasteiger partial charge >= 0.3 is 0 Å². The van der Waals surface area contributed by atoms with Gasteiger partial charge in [0.25, 0.3) is 0 Å². The Labute approximate surface area is 706 Å². The molecule has 6 aromatic carbocycles. The summed E-state index contributed by atoms with van der Waals surface area (Å²) in [6.07, 6.45) is 1.44. The Morgan fingerprint density at radius 3 is 1.11 bits per heavy atom. The number of nitrogens with zero attached hydrogens (tertiary/aromatic N) is 14. The molecule has 6 aliphatic heterocycles. The molecule has 618 valence electrons. The van der Waals surface area contributed by atoms with Crippen LogP contribution in [0.15, 0.2) is 206 Å². The standard InChI is InChI=1S/C15H22ClN5.C14H20ClN5.2C13H18ClN5.2C12H16ClN5/c1-10(2)18-15-20-11(3)19-14(21-15)17-8-7-12-5-4-6-13(16)9-12;1-9(2)17-14-19-10(3)18-13(20-14)16-8-11-4-6-12(15)7-5-11;1-9-16-12(18-13(17-9)19(2)3)15-8-10-4-6-11(14)7-5-10;1-8(2)15-12-16-9(3)17-13(19-12)18-11-6-4-5-10(14)7-11;1-8-14-11(17-12(15-8)18(2)3)16-10-6-4-5-9(13)7-10;1-8-16-11(14)18-12(17-8)15-6-5-9-3-2-4-10(13)7-9/h4-6,9-11H,7-8H2,1-3H3,(H3,17,18,19,20,21);4-7,9-10H,8H2,1-3H3,(H3,16,17,18,19,20);4-7,9H,8H2,1-3H3,(H2,15,16,17,18);4-9H,1-3H3,(H3,15,16,17,18,19);4-8H,1-3H3,(H2,14,15,16,17);2-4,7-8H,5-6H2,1H3,(H4,14,15,16,17,18). The fourth-order valence-corrected chi connectivity index (χ4v) is 11.5. The molecule has 0 radical (unpaired) electrons. The summed E-state index contributed by atoms with van der Waals surface area (Å²) in [5.41, 5.74) is 12.0. The van der Waals surface area contributed by atoms with Crippen LogP contribution in [0.2, 0.25) is 30.1 Å². The molecule has 115 heavy (non-hydrogen) atoms. The summed E-state index contributed by atoms with van der Waals surface area (Å²) in [4.78, 5) is 56.7. The average Bonchev–Trinajstić information content (AvgIpc) is 0.858. The van der Waals surface area contributed by atoms with E-state index in [0.29, 0.717) is 78.2 Å². The van der Waals surface area contributed by atoms with Crippen LogP contribution in [-0.4, -0.2) is 178 Å². The first-order valence-corrected chi connectivity index (χ1v) is 40.0. The molecule has 0 aromatic heterocycles. The molecule has 0 bridgehead atoms. The van der Waals surface area contributed by atoms with Crippen molar-refractivity contribution in [1.82, 2.24) is 78.9 Å². The summed E-state index contributed by atoms with van der Waals surface area (Å²) in [5.74, 6) is 8.43. The molecular weight excluding hydrogens is 1580 g/mol. The molecule has 0 fully saturated rings. The Morgan fingerprint density at radius 2 is 0.704 bits per heavy atom. The SMILES string of the molecule is CC(C)NC1=NC(C)NC(=NCCc2cccc(Cl)c2)N1.CC(C)NC1=NC(C)NC(=NCc2ccc(Cl)cc2)N1.CC1N=C(N(C)C)NC(=NCc2ccc(Cl)cc2)N1.CC1N=C(N)NC(=NCCc2cccc(Cl)c2)N1.CC1N=C(Nc2cccc(Cl)c2)NC(N(C)C)=N1.CC1N=C(Nc2cccc(Cl)c2)NC(NC(C)C)=N1. The van der Waals surface area contributed by atoms with Gasteiger partial charge in [-0.1, -0.05) is 130 Å². The fraction of sp³-hybridized carbons (Fsp3) is 0.392. The summed E-state index contributed by atoms with van der Waals surface area (Å²) in [6.45, 7) is 26.7. The number of aliphatic imine (C=N–C) groups is 12. The molecule has 0 saturated carbocycles. The van der Waals surface area contributed by atoms with Crippen LogP contribution in [0.25, 0.3) is 0 Å². The molecule has 12 rings (SSSR count). The highest BCUT2D eigenvalue weighted by molar-refractivity contribution is 6.32. The Bertz CT molecular complexity index is 4480. The predicted octanol–water partition coefficient (Wildman–Crippen LogP) is 11.4. The number of hydrogen-bond acceptors (Lipinski definition) is 22. The van der Waals surface area contributed by atoms with Gasteiger partial charge in [-0.05, 0) is 203 Å². The number of guanidine groups is 12. The van der Waals surface area contributed by atoms with Crippen LogP contribution in [0.3, 0.4) is 0 Å². The predicted molar refractivity (Wildman–Crippen MR) is 484 cm³/mol. The van der Waals surface area contributed by atoms with Crippen LogP contribution in [-0.2, 0) is 25.9 Å². The van der Waals surface area contributed by atoms with Gasteiger partial charge in [0.15, 0.2) is 47.7 Å². The number of hydrogen-bond donors (Lipinski definition) is 16. The van der Waals surface area contributed by atoms with E-state index in [2.05, 4.69) is 187 Å². The second kappa shape index (κ2) is 47.4. The number of anilines is 2. The van der Waals surface area contributed by atoms with E-state index in [1.165, 1.54) is 5.56 Å². The van der Waals surface area contributed by atoms with E-state index in [4.69, 9.17) is 75.3 Å². The highest BCUT2D eigenvalue weighted by Crippen LogP contribution is 2.19. The Morgan fingerprint density at radius 1 is 0.357 bits per heavy atom. The summed E-state index contributed by atoms with van der Waals surface area (Å²) < 4.78 is 0. The minimum absolute atomic E-state index is 0.00136.